The molecule has 1 rings (SSSR count). The van der Waals surface area contributed by atoms with Crippen molar-refractivity contribution in [1.29, 1.82) is 5.53 Å². The van der Waals surface area contributed by atoms with Gasteiger partial charge in [-0.3, -0.25) is 0 Å². The zero-order valence-electron chi connectivity index (χ0n) is 5.03. The van der Waals surface area contributed by atoms with Gasteiger partial charge in [-0.15, -0.1) is 11.3 Å². The van der Waals surface area contributed by atoms with Crippen molar-refractivity contribution >= 4 is 11.3 Å². The van der Waals surface area contributed by atoms with Gasteiger partial charge in [0.2, 0.25) is 0 Å². The second kappa shape index (κ2) is 2.68. The molecule has 0 aliphatic heterocycles. The predicted molar refractivity (Wildman–Crippen MR) is 35.7 cm³/mol. The van der Waals surface area contributed by atoms with Crippen molar-refractivity contribution in [3.05, 3.63) is 16.6 Å². The molecule has 1 atom stereocenters. The third-order valence-electron chi connectivity index (χ3n) is 1.00. The zero-order chi connectivity index (χ0) is 6.69. The maximum absolute atomic E-state index is 6.68. The fourth-order valence-corrected chi connectivity index (χ4v) is 1.13. The molecule has 0 saturated heterocycles. The number of nitrogens with one attached hydrogen (secondary N) is 1. The van der Waals surface area contributed by atoms with Crippen molar-refractivity contribution in [2.75, 3.05) is 0 Å². The summed E-state index contributed by atoms with van der Waals surface area (Å²) in [6.07, 6.45) is 1.72. The lowest BCUT2D eigenvalue weighted by Crippen LogP contribution is -1.83. The van der Waals surface area contributed by atoms with E-state index in [4.69, 9.17) is 5.53 Å². The van der Waals surface area contributed by atoms with Gasteiger partial charge in [-0.25, -0.2) is 10.5 Å². The van der Waals surface area contributed by atoms with E-state index < -0.39 is 0 Å². The van der Waals surface area contributed by atoms with Gasteiger partial charge in [0.05, 0.1) is 0 Å². The lowest BCUT2D eigenvalue weighted by molar-refractivity contribution is 0.727. The Bertz CT molecular complexity index is 182. The first kappa shape index (κ1) is 6.35. The summed E-state index contributed by atoms with van der Waals surface area (Å²) >= 11 is 1.53. The van der Waals surface area contributed by atoms with Gasteiger partial charge >= 0.3 is 0 Å². The number of rotatable bonds is 2. The summed E-state index contributed by atoms with van der Waals surface area (Å²) in [6.45, 7) is 1.85. The summed E-state index contributed by atoms with van der Waals surface area (Å²) < 4.78 is 0. The number of thiazole rings is 1. The third kappa shape index (κ3) is 1.32. The van der Waals surface area contributed by atoms with E-state index in [1.165, 1.54) is 11.3 Å². The Kier molecular flexibility index (Phi) is 1.89. The van der Waals surface area contributed by atoms with Crippen LogP contribution < -0.4 is 0 Å². The second-order valence-corrected chi connectivity index (χ2v) is 2.60. The van der Waals surface area contributed by atoms with Crippen LogP contribution in [0.15, 0.2) is 16.7 Å². The van der Waals surface area contributed by atoms with Gasteiger partial charge in [0.1, 0.15) is 11.0 Å². The van der Waals surface area contributed by atoms with E-state index in [1.807, 2.05) is 12.3 Å². The zero-order valence-corrected chi connectivity index (χ0v) is 5.85. The largest absolute Gasteiger partial charge is 0.247 e. The molecule has 1 aromatic heterocycles. The molecule has 0 aromatic carbocycles. The van der Waals surface area contributed by atoms with E-state index in [0.717, 1.165) is 5.01 Å². The lowest BCUT2D eigenvalue weighted by atomic mass is 10.4. The van der Waals surface area contributed by atoms with E-state index in [1.54, 1.807) is 6.20 Å². The van der Waals surface area contributed by atoms with Crippen LogP contribution in [0.4, 0.5) is 0 Å². The first-order valence-corrected chi connectivity index (χ1v) is 3.48. The van der Waals surface area contributed by atoms with Gasteiger partial charge in [-0.1, -0.05) is 0 Å². The van der Waals surface area contributed by atoms with Crippen molar-refractivity contribution in [2.24, 2.45) is 5.11 Å². The molecule has 48 valence electrons. The first-order chi connectivity index (χ1) is 4.34. The minimum absolute atomic E-state index is 0.0648. The van der Waals surface area contributed by atoms with Crippen LogP contribution in [0.1, 0.15) is 18.0 Å². The van der Waals surface area contributed by atoms with Crippen molar-refractivity contribution < 1.29 is 0 Å². The molecule has 1 aromatic rings. The molecule has 0 radical (unpaired) electrons. The van der Waals surface area contributed by atoms with E-state index in [9.17, 15) is 0 Å². The highest BCUT2D eigenvalue weighted by atomic mass is 32.1. The molecular weight excluding hydrogens is 134 g/mol. The SMILES string of the molecule is CC(N=N)c1nccs1. The van der Waals surface area contributed by atoms with Crippen molar-refractivity contribution in [1.82, 2.24) is 4.98 Å². The number of aromatic nitrogens is 1. The second-order valence-electron chi connectivity index (χ2n) is 1.68. The maximum atomic E-state index is 6.68. The molecule has 4 heteroatoms. The van der Waals surface area contributed by atoms with Crippen LogP contribution in [0, 0.1) is 5.53 Å². The first-order valence-electron chi connectivity index (χ1n) is 2.60. The summed E-state index contributed by atoms with van der Waals surface area (Å²) in [7, 11) is 0. The summed E-state index contributed by atoms with van der Waals surface area (Å²) in [5.74, 6) is 0. The molecule has 1 unspecified atom stereocenters. The molecule has 1 N–H and O–H groups in total. The molecule has 0 aliphatic rings. The topological polar surface area (TPSA) is 49.1 Å². The molecule has 0 saturated carbocycles. The molecule has 1 heterocycles. The Morgan fingerprint density at radius 1 is 1.89 bits per heavy atom. The summed E-state index contributed by atoms with van der Waals surface area (Å²) in [5.41, 5.74) is 6.68. The monoisotopic (exact) mass is 141 g/mol. The van der Waals surface area contributed by atoms with Crippen LogP contribution in [0.25, 0.3) is 0 Å². The number of hydrogen-bond acceptors (Lipinski definition) is 4. The molecule has 9 heavy (non-hydrogen) atoms. The summed E-state index contributed by atoms with van der Waals surface area (Å²) in [6, 6.07) is -0.0648. The molecule has 0 aliphatic carbocycles. The minimum Gasteiger partial charge on any atom is -0.247 e. The van der Waals surface area contributed by atoms with Crippen LogP contribution in [0.2, 0.25) is 0 Å². The third-order valence-corrected chi connectivity index (χ3v) is 1.95. The van der Waals surface area contributed by atoms with Crippen LogP contribution in [0.3, 0.4) is 0 Å². The Morgan fingerprint density at radius 2 is 2.67 bits per heavy atom. The molecule has 0 bridgehead atoms. The van der Waals surface area contributed by atoms with E-state index in [-0.39, 0.29) is 6.04 Å². The smallest absolute Gasteiger partial charge is 0.119 e. The molecule has 0 fully saturated rings. The number of nitrogens with zero attached hydrogens (tertiary/aromatic N) is 2. The van der Waals surface area contributed by atoms with Crippen LogP contribution in [-0.4, -0.2) is 4.98 Å². The van der Waals surface area contributed by atoms with Gasteiger partial charge in [0.25, 0.3) is 0 Å². The van der Waals surface area contributed by atoms with Crippen molar-refractivity contribution in [3.8, 4) is 0 Å². The van der Waals surface area contributed by atoms with E-state index >= 15 is 0 Å². The van der Waals surface area contributed by atoms with Crippen LogP contribution in [0.5, 0.6) is 0 Å². The summed E-state index contributed by atoms with van der Waals surface area (Å²) in [4.78, 5) is 3.99. The fourth-order valence-electron chi connectivity index (χ4n) is 0.496. The van der Waals surface area contributed by atoms with Gasteiger partial charge in [-0.05, 0) is 6.92 Å². The highest BCUT2D eigenvalue weighted by molar-refractivity contribution is 7.09. The van der Waals surface area contributed by atoms with Gasteiger partial charge < -0.3 is 0 Å². The molecule has 0 amide bonds. The number of hydrogen-bond donors (Lipinski definition) is 1. The molecular formula is C5H7N3S. The van der Waals surface area contributed by atoms with Gasteiger partial charge in [0, 0.05) is 11.6 Å². The average Bonchev–Trinajstić information content (AvgIpc) is 2.37. The predicted octanol–water partition coefficient (Wildman–Crippen LogP) is 2.24. The van der Waals surface area contributed by atoms with Crippen molar-refractivity contribution in [2.45, 2.75) is 13.0 Å². The normalized spacial score (nSPS) is 13.0. The Balaban J connectivity index is 2.76. The standard InChI is InChI=1S/C5H7N3S/c1-4(8-6)5-7-2-3-9-5/h2-4,6H,1H3. The minimum atomic E-state index is -0.0648. The van der Waals surface area contributed by atoms with Gasteiger partial charge in [0.15, 0.2) is 0 Å². The maximum Gasteiger partial charge on any atom is 0.119 e. The van der Waals surface area contributed by atoms with Crippen molar-refractivity contribution in [3.63, 3.8) is 0 Å². The molecule has 0 spiro atoms. The molecule has 3 nitrogen and oxygen atoms in total. The summed E-state index contributed by atoms with van der Waals surface area (Å²) in [5, 5.41) is 6.12. The Hall–Kier alpha value is -0.770. The van der Waals surface area contributed by atoms with Crippen LogP contribution in [-0.2, 0) is 0 Å². The van der Waals surface area contributed by atoms with E-state index in [2.05, 4.69) is 10.1 Å². The highest BCUT2D eigenvalue weighted by Gasteiger charge is 2.03. The quantitative estimate of drug-likeness (QED) is 0.631. The van der Waals surface area contributed by atoms with E-state index in [0.29, 0.717) is 0 Å². The lowest BCUT2D eigenvalue weighted by Gasteiger charge is -1.94. The Labute approximate surface area is 57.3 Å². The fraction of sp³-hybridized carbons (Fsp3) is 0.400. The Morgan fingerprint density at radius 3 is 3.11 bits per heavy atom. The van der Waals surface area contributed by atoms with Gasteiger partial charge in [-0.2, -0.15) is 5.11 Å². The highest BCUT2D eigenvalue weighted by Crippen LogP contribution is 2.17. The van der Waals surface area contributed by atoms with Crippen LogP contribution >= 0.6 is 11.3 Å². The average molecular weight is 141 g/mol.